The number of ether oxygens (including phenoxy) is 2. The molecule has 0 spiro atoms. The van der Waals surface area contributed by atoms with Crippen LogP contribution in [0.4, 0.5) is 0 Å². The van der Waals surface area contributed by atoms with Crippen molar-refractivity contribution in [2.75, 3.05) is 39.8 Å². The van der Waals surface area contributed by atoms with Gasteiger partial charge in [0.05, 0.1) is 29.5 Å². The molecule has 0 aliphatic carbocycles. The smallest absolute Gasteiger partial charge is 0.263 e. The Labute approximate surface area is 233 Å². The van der Waals surface area contributed by atoms with E-state index in [1.54, 1.807) is 4.68 Å². The molecule has 0 saturated carbocycles. The van der Waals surface area contributed by atoms with Gasteiger partial charge in [-0.3, -0.25) is 9.89 Å². The molecule has 1 N–H and O–H groups in total. The molecule has 1 amide bonds. The van der Waals surface area contributed by atoms with E-state index in [9.17, 15) is 4.79 Å². The predicted octanol–water partition coefficient (Wildman–Crippen LogP) is 4.32. The van der Waals surface area contributed by atoms with Crippen LogP contribution in [-0.2, 0) is 11.8 Å². The number of hydrogen-bond acceptors (Lipinski definition) is 6. The van der Waals surface area contributed by atoms with Crippen LogP contribution in [0.25, 0.3) is 34.2 Å². The molecule has 9 heteroatoms. The molecular weight excluding hydrogens is 504 g/mol. The highest BCUT2D eigenvalue weighted by Crippen LogP contribution is 2.35. The van der Waals surface area contributed by atoms with E-state index in [1.165, 1.54) is 5.56 Å². The standard InChI is InChI=1S/C31H34N6O3/c1-35-12-9-20(10-13-35)22-4-3-21-5-7-26-24-17-23(6-8-27(24)34-33-26)25-19-32-36(2)31(25)39-16-15-37-14-11-28(30(37)38)40-29(21)18-22/h3-8,17-20,28H,9-16H2,1-2H3,(H,33,34)/t28-/m1/s1. The Balaban J connectivity index is 1.30. The number of likely N-dealkylation sites (tertiary alicyclic amines) is 1. The van der Waals surface area contributed by atoms with Gasteiger partial charge in [-0.2, -0.15) is 10.2 Å². The van der Waals surface area contributed by atoms with Crippen LogP contribution in [0.3, 0.4) is 0 Å². The fourth-order valence-corrected chi connectivity index (χ4v) is 6.13. The minimum Gasteiger partial charge on any atom is -0.480 e. The Kier molecular flexibility index (Phi) is 6.31. The first-order valence-electron chi connectivity index (χ1n) is 14.1. The number of nitrogens with one attached hydrogen (secondary N) is 1. The molecule has 2 fully saturated rings. The summed E-state index contributed by atoms with van der Waals surface area (Å²) in [6, 6.07) is 12.7. The third-order valence-corrected chi connectivity index (χ3v) is 8.55. The molecule has 2 saturated heterocycles. The van der Waals surface area contributed by atoms with Gasteiger partial charge in [0.2, 0.25) is 5.88 Å². The van der Waals surface area contributed by atoms with E-state index in [0.717, 1.165) is 65.0 Å². The van der Waals surface area contributed by atoms with Crippen molar-refractivity contribution in [3.63, 3.8) is 0 Å². The normalized spacial score (nSPS) is 20.3. The Bertz CT molecular complexity index is 1600. The summed E-state index contributed by atoms with van der Waals surface area (Å²) < 4.78 is 14.4. The van der Waals surface area contributed by atoms with Crippen LogP contribution >= 0.6 is 0 Å². The number of benzene rings is 2. The summed E-state index contributed by atoms with van der Waals surface area (Å²) in [5, 5.41) is 13.2. The lowest BCUT2D eigenvalue weighted by atomic mass is 9.89. The lowest BCUT2D eigenvalue weighted by Crippen LogP contribution is -2.35. The number of aromatic amines is 1. The summed E-state index contributed by atoms with van der Waals surface area (Å²) in [6.45, 7) is 3.71. The van der Waals surface area contributed by atoms with E-state index >= 15 is 0 Å². The number of rotatable bonds is 1. The highest BCUT2D eigenvalue weighted by atomic mass is 16.5. The first-order chi connectivity index (χ1) is 19.5. The van der Waals surface area contributed by atoms with Crippen LogP contribution in [0.1, 0.15) is 42.0 Å². The number of carbonyl (C=O) groups is 1. The molecule has 4 aromatic rings. The van der Waals surface area contributed by atoms with Gasteiger partial charge in [-0.1, -0.05) is 18.2 Å². The maximum atomic E-state index is 13.4. The molecule has 3 aliphatic heterocycles. The van der Waals surface area contributed by atoms with Crippen LogP contribution in [0.15, 0.2) is 42.6 Å². The van der Waals surface area contributed by atoms with Crippen LogP contribution < -0.4 is 9.47 Å². The molecule has 206 valence electrons. The van der Waals surface area contributed by atoms with E-state index in [-0.39, 0.29) is 5.91 Å². The number of aryl methyl sites for hydroxylation is 1. The van der Waals surface area contributed by atoms with E-state index < -0.39 is 6.10 Å². The predicted molar refractivity (Wildman–Crippen MR) is 154 cm³/mol. The van der Waals surface area contributed by atoms with Gasteiger partial charge in [0.15, 0.2) is 6.10 Å². The Morgan fingerprint density at radius 3 is 2.73 bits per heavy atom. The van der Waals surface area contributed by atoms with Gasteiger partial charge in [0, 0.05) is 31.0 Å². The third-order valence-electron chi connectivity index (χ3n) is 8.55. The summed E-state index contributed by atoms with van der Waals surface area (Å²) in [5.74, 6) is 1.95. The molecule has 2 aromatic heterocycles. The topological polar surface area (TPSA) is 88.5 Å². The summed E-state index contributed by atoms with van der Waals surface area (Å²) >= 11 is 0. The highest BCUT2D eigenvalue weighted by Gasteiger charge is 2.34. The number of aromatic nitrogens is 4. The fraction of sp³-hybridized carbons (Fsp3) is 0.387. The average molecular weight is 539 g/mol. The zero-order valence-electron chi connectivity index (χ0n) is 23.0. The number of amides is 1. The number of fused-ring (bicyclic) bond motifs is 6. The Morgan fingerprint density at radius 1 is 0.975 bits per heavy atom. The van der Waals surface area contributed by atoms with Crippen molar-refractivity contribution in [2.24, 2.45) is 7.05 Å². The second-order valence-electron chi connectivity index (χ2n) is 11.1. The minimum absolute atomic E-state index is 0.0136. The van der Waals surface area contributed by atoms with Crippen molar-refractivity contribution in [3.8, 4) is 22.8 Å². The monoisotopic (exact) mass is 538 g/mol. The molecule has 0 radical (unpaired) electrons. The van der Waals surface area contributed by atoms with Gasteiger partial charge in [-0.05, 0) is 80.4 Å². The maximum absolute atomic E-state index is 13.4. The lowest BCUT2D eigenvalue weighted by molar-refractivity contribution is -0.133. The molecule has 7 rings (SSSR count). The second-order valence-corrected chi connectivity index (χ2v) is 11.1. The van der Waals surface area contributed by atoms with E-state index in [4.69, 9.17) is 9.47 Å². The quantitative estimate of drug-likeness (QED) is 0.389. The van der Waals surface area contributed by atoms with Gasteiger partial charge in [-0.15, -0.1) is 0 Å². The first-order valence-corrected chi connectivity index (χ1v) is 14.1. The lowest BCUT2D eigenvalue weighted by Gasteiger charge is -2.29. The number of carbonyl (C=O) groups excluding carboxylic acids is 1. The maximum Gasteiger partial charge on any atom is 0.263 e. The second kappa shape index (κ2) is 10.1. The van der Waals surface area contributed by atoms with Crippen molar-refractivity contribution in [3.05, 3.63) is 59.4 Å². The first kappa shape index (κ1) is 24.9. The summed E-state index contributed by atoms with van der Waals surface area (Å²) in [7, 11) is 4.05. The third kappa shape index (κ3) is 4.54. The number of piperidine rings is 1. The molecule has 1 atom stereocenters. The summed E-state index contributed by atoms with van der Waals surface area (Å²) in [5.41, 5.74) is 5.93. The number of hydrogen-bond donors (Lipinski definition) is 1. The minimum atomic E-state index is -0.503. The molecule has 4 bridgehead atoms. The van der Waals surface area contributed by atoms with Gasteiger partial charge < -0.3 is 19.3 Å². The van der Waals surface area contributed by atoms with Gasteiger partial charge >= 0.3 is 0 Å². The van der Waals surface area contributed by atoms with Gasteiger partial charge in [-0.25, -0.2) is 4.68 Å². The van der Waals surface area contributed by atoms with E-state index in [1.807, 2.05) is 36.4 Å². The van der Waals surface area contributed by atoms with Crippen LogP contribution in [0.5, 0.6) is 11.6 Å². The fourth-order valence-electron chi connectivity index (χ4n) is 6.13. The Morgan fingerprint density at radius 2 is 1.85 bits per heavy atom. The van der Waals surface area contributed by atoms with Crippen molar-refractivity contribution in [2.45, 2.75) is 31.3 Å². The summed E-state index contributed by atoms with van der Waals surface area (Å²) in [4.78, 5) is 17.6. The van der Waals surface area contributed by atoms with E-state index in [2.05, 4.69) is 57.6 Å². The van der Waals surface area contributed by atoms with Crippen molar-refractivity contribution >= 4 is 29.0 Å². The number of H-pyrrole nitrogens is 1. The van der Waals surface area contributed by atoms with Gasteiger partial charge in [0.1, 0.15) is 12.4 Å². The molecule has 5 heterocycles. The zero-order chi connectivity index (χ0) is 27.2. The summed E-state index contributed by atoms with van der Waals surface area (Å²) in [6.07, 6.45) is 8.33. The zero-order valence-corrected chi connectivity index (χ0v) is 23.0. The molecule has 9 nitrogen and oxygen atoms in total. The largest absolute Gasteiger partial charge is 0.480 e. The number of nitrogens with zero attached hydrogens (tertiary/aromatic N) is 5. The van der Waals surface area contributed by atoms with Crippen LogP contribution in [0.2, 0.25) is 0 Å². The van der Waals surface area contributed by atoms with Crippen LogP contribution in [-0.4, -0.2) is 81.6 Å². The highest BCUT2D eigenvalue weighted by molar-refractivity contribution is 5.93. The Hall–Kier alpha value is -4.11. The average Bonchev–Trinajstić information content (AvgIpc) is 3.65. The molecule has 2 aromatic carbocycles. The van der Waals surface area contributed by atoms with Crippen molar-refractivity contribution < 1.29 is 14.3 Å². The van der Waals surface area contributed by atoms with Crippen molar-refractivity contribution in [1.29, 1.82) is 0 Å². The SMILES string of the molecule is CN1CCC(c2ccc3c(c2)O[C@@H]2CCN(CCOc4c(cnn4C)-c4ccc5n[nH]c(c5c4)C=C3)C2=O)CC1. The molecular formula is C31H34N6O3. The molecule has 3 aliphatic rings. The molecule has 0 unspecified atom stereocenters. The van der Waals surface area contributed by atoms with Crippen LogP contribution in [0, 0.1) is 0 Å². The van der Waals surface area contributed by atoms with E-state index in [0.29, 0.717) is 37.9 Å². The van der Waals surface area contributed by atoms with Gasteiger partial charge in [0.25, 0.3) is 5.91 Å². The molecule has 40 heavy (non-hydrogen) atoms. The van der Waals surface area contributed by atoms with Crippen molar-refractivity contribution in [1.82, 2.24) is 29.8 Å².